The minimum Gasteiger partial charge on any atom is -0.506 e. The standard InChI is InChI=1S/C21H13NO4/c23-18(14-7-2-1-3-8-14)17-19(24)21(26)22(20(17)25)16-11-10-13-6-4-5-9-15(13)12-16/h1-12,23H/b18-17-. The summed E-state index contributed by atoms with van der Waals surface area (Å²) in [7, 11) is 0. The molecule has 1 aliphatic rings. The molecule has 3 aromatic rings. The second-order valence-electron chi connectivity index (χ2n) is 5.90. The van der Waals surface area contributed by atoms with E-state index in [9.17, 15) is 19.5 Å². The van der Waals surface area contributed by atoms with E-state index in [2.05, 4.69) is 0 Å². The molecule has 0 unspecified atom stereocenters. The molecule has 1 N–H and O–H groups in total. The van der Waals surface area contributed by atoms with Crippen molar-refractivity contribution in [2.24, 2.45) is 0 Å². The summed E-state index contributed by atoms with van der Waals surface area (Å²) in [5, 5.41) is 12.2. The Labute approximate surface area is 148 Å². The quantitative estimate of drug-likeness (QED) is 0.255. The molecule has 0 saturated carbocycles. The van der Waals surface area contributed by atoms with Crippen LogP contribution in [0.4, 0.5) is 5.69 Å². The van der Waals surface area contributed by atoms with Gasteiger partial charge in [0.1, 0.15) is 11.3 Å². The van der Waals surface area contributed by atoms with Gasteiger partial charge in [-0.05, 0) is 22.9 Å². The molecule has 4 rings (SSSR count). The lowest BCUT2D eigenvalue weighted by Gasteiger charge is -2.13. The van der Waals surface area contributed by atoms with Crippen LogP contribution < -0.4 is 4.90 Å². The number of rotatable bonds is 2. The van der Waals surface area contributed by atoms with Crippen LogP contribution in [0.5, 0.6) is 0 Å². The molecule has 0 spiro atoms. The van der Waals surface area contributed by atoms with Crippen LogP contribution in [-0.4, -0.2) is 22.7 Å². The second kappa shape index (κ2) is 5.97. The van der Waals surface area contributed by atoms with E-state index in [1.165, 1.54) is 0 Å². The van der Waals surface area contributed by atoms with Gasteiger partial charge in [0.25, 0.3) is 11.7 Å². The molecular formula is C21H13NO4. The van der Waals surface area contributed by atoms with Gasteiger partial charge in [-0.3, -0.25) is 14.4 Å². The van der Waals surface area contributed by atoms with Crippen molar-refractivity contribution < 1.29 is 19.5 Å². The van der Waals surface area contributed by atoms with E-state index in [4.69, 9.17) is 0 Å². The fourth-order valence-corrected chi connectivity index (χ4v) is 3.01. The van der Waals surface area contributed by atoms with Crippen LogP contribution >= 0.6 is 0 Å². The number of nitrogens with zero attached hydrogens (tertiary/aromatic N) is 1. The van der Waals surface area contributed by atoms with E-state index in [1.54, 1.807) is 48.5 Å². The molecule has 2 amide bonds. The average Bonchev–Trinajstić information content (AvgIpc) is 2.90. The lowest BCUT2D eigenvalue weighted by molar-refractivity contribution is -0.132. The zero-order valence-corrected chi connectivity index (χ0v) is 13.5. The number of amides is 2. The van der Waals surface area contributed by atoms with E-state index >= 15 is 0 Å². The van der Waals surface area contributed by atoms with Crippen LogP contribution in [0.2, 0.25) is 0 Å². The van der Waals surface area contributed by atoms with E-state index in [0.717, 1.165) is 15.7 Å². The van der Waals surface area contributed by atoms with E-state index in [-0.39, 0.29) is 0 Å². The lowest BCUT2D eigenvalue weighted by atomic mass is 10.1. The summed E-state index contributed by atoms with van der Waals surface area (Å²) in [6, 6.07) is 20.7. The average molecular weight is 343 g/mol. The summed E-state index contributed by atoms with van der Waals surface area (Å²) in [4.78, 5) is 38.3. The SMILES string of the molecule is O=C1C(=O)N(c2ccc3ccccc3c2)C(=O)/C1=C(\O)c1ccccc1. The highest BCUT2D eigenvalue weighted by molar-refractivity contribution is 6.64. The van der Waals surface area contributed by atoms with Crippen molar-refractivity contribution >= 4 is 39.8 Å². The number of aliphatic hydroxyl groups excluding tert-OH is 1. The fraction of sp³-hybridized carbons (Fsp3) is 0. The molecule has 0 radical (unpaired) electrons. The van der Waals surface area contributed by atoms with Crippen molar-refractivity contribution in [1.29, 1.82) is 0 Å². The third-order valence-corrected chi connectivity index (χ3v) is 4.32. The first-order valence-corrected chi connectivity index (χ1v) is 7.98. The van der Waals surface area contributed by atoms with Gasteiger partial charge in [-0.15, -0.1) is 0 Å². The molecule has 5 nitrogen and oxygen atoms in total. The van der Waals surface area contributed by atoms with E-state index in [0.29, 0.717) is 11.3 Å². The van der Waals surface area contributed by atoms with Crippen LogP contribution in [0.15, 0.2) is 78.4 Å². The van der Waals surface area contributed by atoms with Crippen molar-refractivity contribution in [2.45, 2.75) is 0 Å². The molecule has 0 atom stereocenters. The highest BCUT2D eigenvalue weighted by Gasteiger charge is 2.45. The van der Waals surface area contributed by atoms with Gasteiger partial charge in [0, 0.05) is 5.56 Å². The Morgan fingerprint density at radius 3 is 2.12 bits per heavy atom. The minimum absolute atomic E-state index is 0.294. The molecule has 26 heavy (non-hydrogen) atoms. The van der Waals surface area contributed by atoms with Crippen molar-refractivity contribution in [3.8, 4) is 0 Å². The van der Waals surface area contributed by atoms with Crippen LogP contribution in [0, 0.1) is 0 Å². The zero-order valence-electron chi connectivity index (χ0n) is 13.5. The number of ketones is 1. The molecule has 3 aromatic carbocycles. The van der Waals surface area contributed by atoms with E-state index in [1.807, 2.05) is 24.3 Å². The summed E-state index contributed by atoms with van der Waals surface area (Å²) in [6.45, 7) is 0. The topological polar surface area (TPSA) is 74.7 Å². The number of imide groups is 1. The summed E-state index contributed by atoms with van der Waals surface area (Å²) < 4.78 is 0. The number of carbonyl (C=O) groups is 3. The Hall–Kier alpha value is -3.73. The first-order valence-electron chi connectivity index (χ1n) is 7.98. The maximum Gasteiger partial charge on any atom is 0.306 e. The number of anilines is 1. The van der Waals surface area contributed by atoms with Gasteiger partial charge >= 0.3 is 5.91 Å². The van der Waals surface area contributed by atoms with Crippen molar-refractivity contribution in [2.75, 3.05) is 4.90 Å². The van der Waals surface area contributed by atoms with Crippen LogP contribution in [0.3, 0.4) is 0 Å². The third kappa shape index (κ3) is 2.38. The number of Topliss-reactive ketones (excluding diaryl/α,β-unsaturated/α-hetero) is 1. The first kappa shape index (κ1) is 15.8. The molecular weight excluding hydrogens is 330 g/mol. The molecule has 0 aromatic heterocycles. The summed E-state index contributed by atoms with van der Waals surface area (Å²) >= 11 is 0. The number of aliphatic hydroxyl groups is 1. The normalized spacial score (nSPS) is 16.5. The van der Waals surface area contributed by atoms with Crippen molar-refractivity contribution in [1.82, 2.24) is 0 Å². The Bertz CT molecular complexity index is 1100. The highest BCUT2D eigenvalue weighted by atomic mass is 16.3. The smallest absolute Gasteiger partial charge is 0.306 e. The number of hydrogen-bond donors (Lipinski definition) is 1. The lowest BCUT2D eigenvalue weighted by Crippen LogP contribution is -2.30. The largest absolute Gasteiger partial charge is 0.506 e. The number of carbonyl (C=O) groups excluding carboxylic acids is 3. The maximum absolute atomic E-state index is 12.7. The molecule has 1 fully saturated rings. The molecule has 1 heterocycles. The molecule has 0 aliphatic carbocycles. The van der Waals surface area contributed by atoms with Gasteiger partial charge in [-0.2, -0.15) is 0 Å². The van der Waals surface area contributed by atoms with Gasteiger partial charge < -0.3 is 5.11 Å². The minimum atomic E-state index is -1.01. The van der Waals surface area contributed by atoms with E-state index < -0.39 is 28.9 Å². The van der Waals surface area contributed by atoms with Crippen LogP contribution in [0.1, 0.15) is 5.56 Å². The van der Waals surface area contributed by atoms with Gasteiger partial charge in [0.2, 0.25) is 0 Å². The van der Waals surface area contributed by atoms with Crippen molar-refractivity contribution in [3.63, 3.8) is 0 Å². The van der Waals surface area contributed by atoms with Crippen LogP contribution in [-0.2, 0) is 14.4 Å². The maximum atomic E-state index is 12.7. The summed E-state index contributed by atoms with van der Waals surface area (Å²) in [5.41, 5.74) is 0.0923. The van der Waals surface area contributed by atoms with Gasteiger partial charge in [-0.25, -0.2) is 4.90 Å². The predicted octanol–water partition coefficient (Wildman–Crippen LogP) is 3.25. The molecule has 1 aliphatic heterocycles. The number of fused-ring (bicyclic) bond motifs is 1. The van der Waals surface area contributed by atoms with Gasteiger partial charge in [0.15, 0.2) is 0 Å². The Kier molecular flexibility index (Phi) is 3.62. The Morgan fingerprint density at radius 2 is 1.38 bits per heavy atom. The zero-order chi connectivity index (χ0) is 18.3. The predicted molar refractivity (Wildman–Crippen MR) is 97.4 cm³/mol. The monoisotopic (exact) mass is 343 g/mol. The van der Waals surface area contributed by atoms with Gasteiger partial charge in [0.05, 0.1) is 5.69 Å². The number of benzene rings is 3. The molecule has 126 valence electrons. The Morgan fingerprint density at radius 1 is 0.731 bits per heavy atom. The molecule has 5 heteroatoms. The van der Waals surface area contributed by atoms with Gasteiger partial charge in [-0.1, -0.05) is 60.7 Å². The highest BCUT2D eigenvalue weighted by Crippen LogP contribution is 2.30. The first-order chi connectivity index (χ1) is 12.6. The summed E-state index contributed by atoms with van der Waals surface area (Å²) in [6.07, 6.45) is 0. The summed E-state index contributed by atoms with van der Waals surface area (Å²) in [5.74, 6) is -3.29. The fourth-order valence-electron chi connectivity index (χ4n) is 3.01. The van der Waals surface area contributed by atoms with Crippen molar-refractivity contribution in [3.05, 3.63) is 83.9 Å². The molecule has 0 bridgehead atoms. The Balaban J connectivity index is 1.82. The molecule has 1 saturated heterocycles. The second-order valence-corrected chi connectivity index (χ2v) is 5.90. The third-order valence-electron chi connectivity index (χ3n) is 4.32. The van der Waals surface area contributed by atoms with Crippen LogP contribution in [0.25, 0.3) is 16.5 Å². The number of hydrogen-bond acceptors (Lipinski definition) is 4.